The largest absolute Gasteiger partial charge is 0.396 e. The second kappa shape index (κ2) is 8.39. The van der Waals surface area contributed by atoms with E-state index in [2.05, 4.69) is 15.6 Å². The van der Waals surface area contributed by atoms with Gasteiger partial charge in [0.2, 0.25) is 0 Å². The van der Waals surface area contributed by atoms with Crippen molar-refractivity contribution in [2.75, 3.05) is 10.6 Å². The fourth-order valence-corrected chi connectivity index (χ4v) is 3.06. The van der Waals surface area contributed by atoms with E-state index < -0.39 is 11.6 Å². The van der Waals surface area contributed by atoms with E-state index in [1.807, 2.05) is 48.5 Å². The number of nitrogens with one attached hydrogen (secondary N) is 2. The average Bonchev–Trinajstić information content (AvgIpc) is 2.76. The van der Waals surface area contributed by atoms with Gasteiger partial charge in [-0.25, -0.2) is 13.8 Å². The monoisotopic (exact) mass is 422 g/mol. The van der Waals surface area contributed by atoms with Crippen molar-refractivity contribution in [2.24, 2.45) is 5.73 Å². The molecule has 4 nitrogen and oxygen atoms in total. The van der Waals surface area contributed by atoms with Crippen LogP contribution >= 0.6 is 11.6 Å². The lowest BCUT2D eigenvalue weighted by molar-refractivity contribution is 0.509. The highest BCUT2D eigenvalue weighted by Crippen LogP contribution is 2.27. The predicted octanol–water partition coefficient (Wildman–Crippen LogP) is 6.28. The van der Waals surface area contributed by atoms with Gasteiger partial charge in [0.05, 0.1) is 16.9 Å². The molecule has 0 spiro atoms. The fraction of sp³-hybridized carbons (Fsp3) is 0. The summed E-state index contributed by atoms with van der Waals surface area (Å²) in [6.45, 7) is 0. The summed E-state index contributed by atoms with van der Waals surface area (Å²) in [6, 6.07) is 20.4. The standard InChI is InChI=1S/C23H17ClF2N4/c24-14-4-6-15(7-5-14)29-21-2-1-3-22-17(21)9-11-23(30-22)20(27)13-28-16-8-10-18(25)19(26)12-16/h1-13,28-29H,27H2/b20-13-. The number of benzene rings is 3. The molecule has 0 aliphatic heterocycles. The van der Waals surface area contributed by atoms with Crippen LogP contribution < -0.4 is 16.4 Å². The molecular weight excluding hydrogens is 406 g/mol. The van der Waals surface area contributed by atoms with Gasteiger partial charge < -0.3 is 16.4 Å². The minimum absolute atomic E-state index is 0.359. The van der Waals surface area contributed by atoms with Crippen LogP contribution in [0.4, 0.5) is 25.8 Å². The van der Waals surface area contributed by atoms with Gasteiger partial charge in [-0.15, -0.1) is 0 Å². The summed E-state index contributed by atoms with van der Waals surface area (Å²) in [5.74, 6) is -1.84. The Bertz CT molecular complexity index is 1240. The molecule has 0 saturated heterocycles. The number of rotatable bonds is 5. The molecule has 0 bridgehead atoms. The molecule has 0 radical (unpaired) electrons. The number of fused-ring (bicyclic) bond motifs is 1. The van der Waals surface area contributed by atoms with Crippen LogP contribution in [0.3, 0.4) is 0 Å². The van der Waals surface area contributed by atoms with Gasteiger partial charge in [0.25, 0.3) is 0 Å². The highest BCUT2D eigenvalue weighted by atomic mass is 35.5. The number of anilines is 3. The number of aromatic nitrogens is 1. The van der Waals surface area contributed by atoms with Gasteiger partial charge >= 0.3 is 0 Å². The maximum absolute atomic E-state index is 13.3. The third-order valence-corrected chi connectivity index (χ3v) is 4.72. The molecule has 0 aliphatic rings. The molecule has 0 amide bonds. The van der Waals surface area contributed by atoms with E-state index in [0.29, 0.717) is 22.1 Å². The Morgan fingerprint density at radius 2 is 1.67 bits per heavy atom. The first-order chi connectivity index (χ1) is 14.5. The van der Waals surface area contributed by atoms with E-state index >= 15 is 0 Å². The Morgan fingerprint density at radius 1 is 0.900 bits per heavy atom. The van der Waals surface area contributed by atoms with Crippen molar-refractivity contribution in [3.8, 4) is 0 Å². The zero-order valence-corrected chi connectivity index (χ0v) is 16.4. The third-order valence-electron chi connectivity index (χ3n) is 4.46. The van der Waals surface area contributed by atoms with Gasteiger partial charge in [0.1, 0.15) is 0 Å². The van der Waals surface area contributed by atoms with Crippen LogP contribution in [-0.2, 0) is 0 Å². The van der Waals surface area contributed by atoms with Crippen LogP contribution in [0.2, 0.25) is 5.02 Å². The molecular formula is C23H17ClF2N4. The molecule has 0 aliphatic carbocycles. The van der Waals surface area contributed by atoms with E-state index in [-0.39, 0.29) is 0 Å². The van der Waals surface area contributed by atoms with Gasteiger partial charge in [-0.3, -0.25) is 0 Å². The predicted molar refractivity (Wildman–Crippen MR) is 119 cm³/mol. The first kappa shape index (κ1) is 19.7. The fourth-order valence-electron chi connectivity index (χ4n) is 2.93. The van der Waals surface area contributed by atoms with Crippen molar-refractivity contribution in [1.82, 2.24) is 4.98 Å². The Hall–Kier alpha value is -3.64. The van der Waals surface area contributed by atoms with Gasteiger partial charge in [0.15, 0.2) is 11.6 Å². The summed E-state index contributed by atoms with van der Waals surface area (Å²) in [7, 11) is 0. The Balaban J connectivity index is 1.58. The van der Waals surface area contributed by atoms with Crippen molar-refractivity contribution >= 4 is 45.3 Å². The van der Waals surface area contributed by atoms with Gasteiger partial charge in [0, 0.05) is 39.7 Å². The van der Waals surface area contributed by atoms with Crippen LogP contribution in [0.25, 0.3) is 16.6 Å². The van der Waals surface area contributed by atoms with Gasteiger partial charge in [-0.05, 0) is 60.7 Å². The highest BCUT2D eigenvalue weighted by Gasteiger charge is 2.06. The molecule has 4 N–H and O–H groups in total. The molecule has 7 heteroatoms. The summed E-state index contributed by atoms with van der Waals surface area (Å²) in [6.07, 6.45) is 1.50. The van der Waals surface area contributed by atoms with E-state index in [1.54, 1.807) is 6.07 Å². The molecule has 1 heterocycles. The van der Waals surface area contributed by atoms with E-state index in [0.717, 1.165) is 34.4 Å². The molecule has 4 aromatic rings. The van der Waals surface area contributed by atoms with E-state index in [1.165, 1.54) is 12.3 Å². The van der Waals surface area contributed by atoms with Crippen LogP contribution in [0.5, 0.6) is 0 Å². The van der Waals surface area contributed by atoms with E-state index in [4.69, 9.17) is 17.3 Å². The average molecular weight is 423 g/mol. The number of nitrogens with zero attached hydrogens (tertiary/aromatic N) is 1. The molecule has 150 valence electrons. The highest BCUT2D eigenvalue weighted by molar-refractivity contribution is 6.30. The zero-order chi connectivity index (χ0) is 21.1. The zero-order valence-electron chi connectivity index (χ0n) is 15.7. The summed E-state index contributed by atoms with van der Waals surface area (Å²) in [5.41, 5.74) is 9.98. The lowest BCUT2D eigenvalue weighted by atomic mass is 10.1. The molecule has 0 saturated carbocycles. The minimum Gasteiger partial charge on any atom is -0.396 e. The van der Waals surface area contributed by atoms with Crippen LogP contribution in [0.15, 0.2) is 79.0 Å². The number of pyridine rings is 1. The first-order valence-electron chi connectivity index (χ1n) is 9.09. The molecule has 0 atom stereocenters. The summed E-state index contributed by atoms with van der Waals surface area (Å²) in [5, 5.41) is 7.81. The van der Waals surface area contributed by atoms with Crippen LogP contribution in [0.1, 0.15) is 5.69 Å². The van der Waals surface area contributed by atoms with Crippen molar-refractivity contribution in [1.29, 1.82) is 0 Å². The Labute approximate surface area is 177 Å². The van der Waals surface area contributed by atoms with Crippen molar-refractivity contribution in [3.63, 3.8) is 0 Å². The van der Waals surface area contributed by atoms with Gasteiger partial charge in [-0.2, -0.15) is 0 Å². The lowest BCUT2D eigenvalue weighted by Crippen LogP contribution is -2.03. The van der Waals surface area contributed by atoms with Crippen LogP contribution in [0, 0.1) is 11.6 Å². The maximum Gasteiger partial charge on any atom is 0.160 e. The van der Waals surface area contributed by atoms with Crippen molar-refractivity contribution < 1.29 is 8.78 Å². The summed E-state index contributed by atoms with van der Waals surface area (Å²) >= 11 is 5.94. The quantitative estimate of drug-likeness (QED) is 0.354. The smallest absolute Gasteiger partial charge is 0.160 e. The number of halogens is 3. The van der Waals surface area contributed by atoms with Crippen LogP contribution in [-0.4, -0.2) is 4.98 Å². The van der Waals surface area contributed by atoms with Gasteiger partial charge in [-0.1, -0.05) is 17.7 Å². The van der Waals surface area contributed by atoms with Crippen molar-refractivity contribution in [2.45, 2.75) is 0 Å². The first-order valence-corrected chi connectivity index (χ1v) is 9.47. The maximum atomic E-state index is 13.3. The lowest BCUT2D eigenvalue weighted by Gasteiger charge is -2.11. The van der Waals surface area contributed by atoms with Crippen molar-refractivity contribution in [3.05, 3.63) is 101 Å². The summed E-state index contributed by atoms with van der Waals surface area (Å²) in [4.78, 5) is 4.61. The Morgan fingerprint density at radius 3 is 2.43 bits per heavy atom. The number of hydrogen-bond acceptors (Lipinski definition) is 4. The molecule has 3 aromatic carbocycles. The normalized spacial score (nSPS) is 11.5. The molecule has 0 unspecified atom stereocenters. The number of nitrogens with two attached hydrogens (primary N) is 1. The molecule has 30 heavy (non-hydrogen) atoms. The third kappa shape index (κ3) is 4.34. The second-order valence-corrected chi connectivity index (χ2v) is 7.01. The summed E-state index contributed by atoms with van der Waals surface area (Å²) < 4.78 is 26.4. The molecule has 4 rings (SSSR count). The number of hydrogen-bond donors (Lipinski definition) is 3. The second-order valence-electron chi connectivity index (χ2n) is 6.57. The molecule has 1 aromatic heterocycles. The SMILES string of the molecule is N/C(=C\Nc1ccc(F)c(F)c1)c1ccc2c(Nc3ccc(Cl)cc3)cccc2n1. The Kier molecular flexibility index (Phi) is 5.50. The molecule has 0 fully saturated rings. The minimum atomic E-state index is -0.934. The topological polar surface area (TPSA) is 63.0 Å². The van der Waals surface area contributed by atoms with E-state index in [9.17, 15) is 8.78 Å².